The number of nitrogens with zero attached hydrogens (tertiary/aromatic N) is 5. The fourth-order valence-corrected chi connectivity index (χ4v) is 6.31. The summed E-state index contributed by atoms with van der Waals surface area (Å²) in [6.45, 7) is 7.82. The summed E-state index contributed by atoms with van der Waals surface area (Å²) < 4.78 is 54.7. The predicted octanol–water partition coefficient (Wildman–Crippen LogP) is 8.61. The third-order valence-electron chi connectivity index (χ3n) is 7.25. The normalized spacial score (nSPS) is 12.6. The SMILES string of the molecule is CCN(c1ccc(C)cc1)S(=O)Oc1ccc(N=Nc2c(C)cc3cc(S(=O)(=O)O)c(N=Nc4ccccc4C)c(O)c3c2N)cc1. The first kappa shape index (κ1) is 33.2. The second-order valence-corrected chi connectivity index (χ2v) is 13.0. The molecule has 0 heterocycles. The molecule has 0 amide bonds. The molecule has 0 aliphatic rings. The molecule has 4 N–H and O–H groups in total. The molecule has 12 nitrogen and oxygen atoms in total. The number of nitrogens with two attached hydrogens (primary N) is 1. The minimum absolute atomic E-state index is 0.0154. The lowest BCUT2D eigenvalue weighted by Crippen LogP contribution is -2.28. The van der Waals surface area contributed by atoms with Crippen molar-refractivity contribution in [3.63, 3.8) is 0 Å². The number of azo groups is 2. The first-order chi connectivity index (χ1) is 22.4. The Kier molecular flexibility index (Phi) is 9.65. The Morgan fingerprint density at radius 3 is 2.15 bits per heavy atom. The molecule has 242 valence electrons. The minimum Gasteiger partial charge on any atom is -0.505 e. The fourth-order valence-electron chi connectivity index (χ4n) is 4.78. The third kappa shape index (κ3) is 7.30. The Morgan fingerprint density at radius 1 is 0.851 bits per heavy atom. The zero-order valence-electron chi connectivity index (χ0n) is 25.9. The summed E-state index contributed by atoms with van der Waals surface area (Å²) in [7, 11) is -4.81. The quantitative estimate of drug-likeness (QED) is 0.0754. The number of phenolic OH excluding ortho intramolecular Hbond substituents is 1. The van der Waals surface area contributed by atoms with Gasteiger partial charge >= 0.3 is 11.3 Å². The first-order valence-corrected chi connectivity index (χ1v) is 16.8. The van der Waals surface area contributed by atoms with Crippen LogP contribution in [0.2, 0.25) is 0 Å². The average molecular weight is 673 g/mol. The van der Waals surface area contributed by atoms with Crippen LogP contribution in [0.5, 0.6) is 11.5 Å². The summed E-state index contributed by atoms with van der Waals surface area (Å²) in [4.78, 5) is -0.628. The molecule has 0 spiro atoms. The highest BCUT2D eigenvalue weighted by molar-refractivity contribution is 7.86. The van der Waals surface area contributed by atoms with Gasteiger partial charge in [-0.15, -0.1) is 10.2 Å². The van der Waals surface area contributed by atoms with Gasteiger partial charge in [0.1, 0.15) is 22.0 Å². The topological polar surface area (TPSA) is 180 Å². The van der Waals surface area contributed by atoms with Crippen molar-refractivity contribution in [2.24, 2.45) is 20.5 Å². The van der Waals surface area contributed by atoms with E-state index < -0.39 is 37.7 Å². The van der Waals surface area contributed by atoms with E-state index in [1.54, 1.807) is 66.7 Å². The number of hydrogen-bond acceptors (Lipinski definition) is 10. The van der Waals surface area contributed by atoms with Crippen LogP contribution >= 0.6 is 0 Å². The van der Waals surface area contributed by atoms with E-state index in [4.69, 9.17) is 9.92 Å². The van der Waals surface area contributed by atoms with E-state index in [1.165, 1.54) is 6.07 Å². The average Bonchev–Trinajstić information content (AvgIpc) is 3.02. The molecular formula is C33H32N6O6S2. The van der Waals surface area contributed by atoms with Gasteiger partial charge in [-0.2, -0.15) is 22.9 Å². The zero-order valence-corrected chi connectivity index (χ0v) is 27.6. The van der Waals surface area contributed by atoms with Crippen LogP contribution in [0.15, 0.2) is 110 Å². The maximum absolute atomic E-state index is 12.9. The maximum Gasteiger partial charge on any atom is 0.318 e. The molecule has 0 fully saturated rings. The van der Waals surface area contributed by atoms with Gasteiger partial charge in [0.15, 0.2) is 5.75 Å². The number of phenols is 1. The summed E-state index contributed by atoms with van der Waals surface area (Å²) in [6, 6.07) is 23.9. The number of hydrogen-bond donors (Lipinski definition) is 3. The van der Waals surface area contributed by atoms with Crippen LogP contribution in [0.3, 0.4) is 0 Å². The molecular weight excluding hydrogens is 641 g/mol. The monoisotopic (exact) mass is 672 g/mol. The van der Waals surface area contributed by atoms with Gasteiger partial charge in [0.05, 0.1) is 28.1 Å². The lowest BCUT2D eigenvalue weighted by molar-refractivity contribution is 0.472. The Bertz CT molecular complexity index is 2150. The maximum atomic E-state index is 12.9. The number of nitrogen functional groups attached to an aromatic ring is 1. The molecule has 0 bridgehead atoms. The number of aromatic hydroxyl groups is 1. The van der Waals surface area contributed by atoms with Gasteiger partial charge in [0.2, 0.25) is 0 Å². The molecule has 0 radical (unpaired) electrons. The molecule has 0 saturated heterocycles. The molecule has 14 heteroatoms. The lowest BCUT2D eigenvalue weighted by atomic mass is 10.0. The number of rotatable bonds is 10. The third-order valence-corrected chi connectivity index (χ3v) is 9.28. The molecule has 0 saturated carbocycles. The largest absolute Gasteiger partial charge is 0.505 e. The zero-order chi connectivity index (χ0) is 33.9. The highest BCUT2D eigenvalue weighted by atomic mass is 32.2. The molecule has 0 aromatic heterocycles. The number of benzene rings is 5. The minimum atomic E-state index is -4.81. The van der Waals surface area contributed by atoms with Crippen LogP contribution in [0.4, 0.5) is 34.1 Å². The molecule has 1 atom stereocenters. The van der Waals surface area contributed by atoms with Crippen LogP contribution < -0.4 is 14.2 Å². The van der Waals surface area contributed by atoms with E-state index >= 15 is 0 Å². The summed E-state index contributed by atoms with van der Waals surface area (Å²) in [5, 5.41) is 28.2. The number of anilines is 2. The van der Waals surface area contributed by atoms with Gasteiger partial charge in [0.25, 0.3) is 10.1 Å². The van der Waals surface area contributed by atoms with Crippen LogP contribution in [-0.4, -0.2) is 28.8 Å². The van der Waals surface area contributed by atoms with Crippen molar-refractivity contribution in [2.75, 3.05) is 16.6 Å². The standard InChI is InChI=1S/C33H32N6O6S2/c1-5-39(25-14-10-20(2)11-15-25)46(41)45-26-16-12-24(13-17-26)35-37-31-22(4)18-23-19-28(47(42,43)44)32(33(40)29(23)30(31)34)38-36-27-9-7-6-8-21(27)3/h6-19,40H,5,34H2,1-4H3,(H,42,43,44). The van der Waals surface area contributed by atoms with E-state index in [9.17, 15) is 22.3 Å². The van der Waals surface area contributed by atoms with Crippen LogP contribution in [0.25, 0.3) is 10.8 Å². The van der Waals surface area contributed by atoms with Crippen molar-refractivity contribution in [2.45, 2.75) is 32.6 Å². The van der Waals surface area contributed by atoms with Crippen LogP contribution in [-0.2, 0) is 21.4 Å². The van der Waals surface area contributed by atoms with Crippen molar-refractivity contribution in [1.82, 2.24) is 0 Å². The predicted molar refractivity (Wildman–Crippen MR) is 184 cm³/mol. The Morgan fingerprint density at radius 2 is 1.51 bits per heavy atom. The van der Waals surface area contributed by atoms with Crippen LogP contribution in [0.1, 0.15) is 23.6 Å². The van der Waals surface area contributed by atoms with E-state index in [0.29, 0.717) is 29.2 Å². The Hall–Kier alpha value is -5.18. The molecule has 1 unspecified atom stereocenters. The summed E-state index contributed by atoms with van der Waals surface area (Å²) in [5.41, 5.74) is 10.3. The Labute approximate surface area is 274 Å². The fraction of sp³-hybridized carbons (Fsp3) is 0.152. The first-order valence-electron chi connectivity index (χ1n) is 14.4. The van der Waals surface area contributed by atoms with E-state index in [2.05, 4.69) is 20.5 Å². The van der Waals surface area contributed by atoms with Gasteiger partial charge < -0.3 is 15.0 Å². The Balaban J connectivity index is 1.44. The van der Waals surface area contributed by atoms with Crippen LogP contribution in [0, 0.1) is 20.8 Å². The molecule has 0 aliphatic heterocycles. The van der Waals surface area contributed by atoms with Gasteiger partial charge in [-0.1, -0.05) is 35.9 Å². The summed E-state index contributed by atoms with van der Waals surface area (Å²) in [5.74, 6) is -0.233. The number of fused-ring (bicyclic) bond motifs is 1. The summed E-state index contributed by atoms with van der Waals surface area (Å²) >= 11 is -1.78. The van der Waals surface area contributed by atoms with Gasteiger partial charge in [-0.25, -0.2) is 0 Å². The van der Waals surface area contributed by atoms with Gasteiger partial charge in [-0.05, 0) is 98.8 Å². The highest BCUT2D eigenvalue weighted by Gasteiger charge is 2.25. The van der Waals surface area contributed by atoms with E-state index in [1.807, 2.05) is 44.2 Å². The molecule has 5 rings (SSSR count). The van der Waals surface area contributed by atoms with Crippen molar-refractivity contribution in [3.05, 3.63) is 102 Å². The molecule has 5 aromatic carbocycles. The second-order valence-electron chi connectivity index (χ2n) is 10.6. The lowest BCUT2D eigenvalue weighted by Gasteiger charge is -2.20. The van der Waals surface area contributed by atoms with Crippen molar-refractivity contribution in [1.29, 1.82) is 0 Å². The van der Waals surface area contributed by atoms with Gasteiger partial charge in [0, 0.05) is 6.54 Å². The summed E-state index contributed by atoms with van der Waals surface area (Å²) in [6.07, 6.45) is 0. The van der Waals surface area contributed by atoms with Crippen molar-refractivity contribution in [3.8, 4) is 11.5 Å². The van der Waals surface area contributed by atoms with Crippen molar-refractivity contribution < 1.29 is 26.5 Å². The molecule has 47 heavy (non-hydrogen) atoms. The molecule has 0 aliphatic carbocycles. The van der Waals surface area contributed by atoms with E-state index in [-0.39, 0.29) is 22.1 Å². The van der Waals surface area contributed by atoms with Gasteiger partial charge in [-0.3, -0.25) is 8.86 Å². The smallest absolute Gasteiger partial charge is 0.318 e. The highest BCUT2D eigenvalue weighted by Crippen LogP contribution is 2.47. The number of aryl methyl sites for hydroxylation is 3. The second kappa shape index (κ2) is 13.7. The molecule has 5 aromatic rings. The van der Waals surface area contributed by atoms with E-state index in [0.717, 1.165) is 16.8 Å². The van der Waals surface area contributed by atoms with Crippen molar-refractivity contribution >= 4 is 66.3 Å².